The van der Waals surface area contributed by atoms with Gasteiger partial charge in [0.2, 0.25) is 0 Å². The second-order valence-electron chi connectivity index (χ2n) is 6.47. The van der Waals surface area contributed by atoms with Gasteiger partial charge in [-0.1, -0.05) is 13.8 Å². The Bertz CT molecular complexity index is 491. The molecule has 0 aliphatic carbocycles. The van der Waals surface area contributed by atoms with Crippen molar-refractivity contribution in [1.82, 2.24) is 10.2 Å². The van der Waals surface area contributed by atoms with Crippen molar-refractivity contribution in [3.05, 3.63) is 35.4 Å². The number of rotatable bonds is 5. The molecule has 1 aliphatic rings. The van der Waals surface area contributed by atoms with Gasteiger partial charge in [0.1, 0.15) is 11.6 Å². The van der Waals surface area contributed by atoms with Gasteiger partial charge in [-0.15, -0.1) is 0 Å². The monoisotopic (exact) mass is 310 g/mol. The van der Waals surface area contributed by atoms with Crippen molar-refractivity contribution < 1.29 is 13.6 Å². The SMILES string of the molecule is CC1CC(C)CN(CCCNC(=O)c2cc(F)cc(F)c2)C1. The molecule has 1 aromatic carbocycles. The van der Waals surface area contributed by atoms with Gasteiger partial charge >= 0.3 is 0 Å². The molecule has 2 rings (SSSR count). The molecule has 1 saturated heterocycles. The molecule has 22 heavy (non-hydrogen) atoms. The highest BCUT2D eigenvalue weighted by Gasteiger charge is 2.21. The summed E-state index contributed by atoms with van der Waals surface area (Å²) >= 11 is 0. The fourth-order valence-corrected chi connectivity index (χ4v) is 3.27. The maximum absolute atomic E-state index is 13.1. The Hall–Kier alpha value is -1.49. The summed E-state index contributed by atoms with van der Waals surface area (Å²) in [6.45, 7) is 8.19. The molecule has 2 atom stereocenters. The highest BCUT2D eigenvalue weighted by atomic mass is 19.1. The van der Waals surface area contributed by atoms with Crippen LogP contribution in [0.25, 0.3) is 0 Å². The van der Waals surface area contributed by atoms with E-state index in [4.69, 9.17) is 0 Å². The van der Waals surface area contributed by atoms with Crippen molar-refractivity contribution in [3.8, 4) is 0 Å². The standard InChI is InChI=1S/C17H24F2N2O/c1-12-6-13(2)11-21(10-12)5-3-4-20-17(22)14-7-15(18)9-16(19)8-14/h7-9,12-13H,3-6,10-11H2,1-2H3,(H,20,22). The van der Waals surface area contributed by atoms with Crippen molar-refractivity contribution in [1.29, 1.82) is 0 Å². The zero-order chi connectivity index (χ0) is 16.1. The van der Waals surface area contributed by atoms with Crippen LogP contribution in [-0.4, -0.2) is 37.0 Å². The number of hydrogen-bond donors (Lipinski definition) is 1. The molecule has 5 heteroatoms. The minimum atomic E-state index is -0.735. The van der Waals surface area contributed by atoms with E-state index in [1.54, 1.807) is 0 Å². The van der Waals surface area contributed by atoms with Gasteiger partial charge in [-0.3, -0.25) is 4.79 Å². The number of benzene rings is 1. The molecule has 1 N–H and O–H groups in total. The van der Waals surface area contributed by atoms with Gasteiger partial charge in [-0.2, -0.15) is 0 Å². The molecule has 1 amide bonds. The van der Waals surface area contributed by atoms with Gasteiger partial charge in [0.05, 0.1) is 0 Å². The number of nitrogens with one attached hydrogen (secondary N) is 1. The third kappa shape index (κ3) is 5.05. The zero-order valence-corrected chi connectivity index (χ0v) is 13.2. The summed E-state index contributed by atoms with van der Waals surface area (Å²) < 4.78 is 26.1. The number of carbonyl (C=O) groups is 1. The van der Waals surface area contributed by atoms with Crippen LogP contribution in [0, 0.1) is 23.5 Å². The Morgan fingerprint density at radius 3 is 2.36 bits per heavy atom. The molecule has 3 nitrogen and oxygen atoms in total. The first kappa shape index (κ1) is 16.9. The van der Waals surface area contributed by atoms with Crippen LogP contribution in [0.3, 0.4) is 0 Å². The second kappa shape index (κ2) is 7.68. The molecule has 0 spiro atoms. The fourth-order valence-electron chi connectivity index (χ4n) is 3.27. The smallest absolute Gasteiger partial charge is 0.251 e. The summed E-state index contributed by atoms with van der Waals surface area (Å²) in [5.41, 5.74) is 0.0257. The maximum atomic E-state index is 13.1. The minimum Gasteiger partial charge on any atom is -0.352 e. The van der Waals surface area contributed by atoms with Crippen LogP contribution in [0.1, 0.15) is 37.0 Å². The van der Waals surface area contributed by atoms with Crippen molar-refractivity contribution in [3.63, 3.8) is 0 Å². The van der Waals surface area contributed by atoms with E-state index in [2.05, 4.69) is 24.1 Å². The van der Waals surface area contributed by atoms with Crippen LogP contribution in [0.15, 0.2) is 18.2 Å². The molecule has 0 radical (unpaired) electrons. The van der Waals surface area contributed by atoms with Crippen LogP contribution in [0.2, 0.25) is 0 Å². The topological polar surface area (TPSA) is 32.3 Å². The molecule has 1 heterocycles. The number of amides is 1. The van der Waals surface area contributed by atoms with Crippen molar-refractivity contribution in [2.45, 2.75) is 26.7 Å². The Kier molecular flexibility index (Phi) is 5.89. The predicted octanol–water partition coefficient (Wildman–Crippen LogP) is 3.06. The first-order chi connectivity index (χ1) is 10.4. The van der Waals surface area contributed by atoms with Crippen molar-refractivity contribution >= 4 is 5.91 Å². The van der Waals surface area contributed by atoms with E-state index in [9.17, 15) is 13.6 Å². The van der Waals surface area contributed by atoms with Crippen LogP contribution >= 0.6 is 0 Å². The molecule has 0 aromatic heterocycles. The van der Waals surface area contributed by atoms with E-state index in [0.29, 0.717) is 18.4 Å². The van der Waals surface area contributed by atoms with Crippen LogP contribution in [0.5, 0.6) is 0 Å². The van der Waals surface area contributed by atoms with Gasteiger partial charge < -0.3 is 10.2 Å². The number of carbonyl (C=O) groups excluding carboxylic acids is 1. The normalized spacial score (nSPS) is 22.5. The number of halogens is 2. The van der Waals surface area contributed by atoms with Crippen LogP contribution in [-0.2, 0) is 0 Å². The van der Waals surface area contributed by atoms with Gasteiger partial charge in [-0.05, 0) is 43.4 Å². The number of likely N-dealkylation sites (tertiary alicyclic amines) is 1. The summed E-state index contributed by atoms with van der Waals surface area (Å²) in [5, 5.41) is 2.72. The summed E-state index contributed by atoms with van der Waals surface area (Å²) in [4.78, 5) is 14.3. The Balaban J connectivity index is 1.73. The van der Waals surface area contributed by atoms with E-state index >= 15 is 0 Å². The molecule has 1 aliphatic heterocycles. The van der Waals surface area contributed by atoms with Crippen LogP contribution < -0.4 is 5.32 Å². The summed E-state index contributed by atoms with van der Waals surface area (Å²) in [7, 11) is 0. The lowest BCUT2D eigenvalue weighted by Gasteiger charge is -2.34. The molecular weight excluding hydrogens is 286 g/mol. The van der Waals surface area contributed by atoms with Crippen LogP contribution in [0.4, 0.5) is 8.78 Å². The molecule has 0 bridgehead atoms. The first-order valence-corrected chi connectivity index (χ1v) is 7.90. The van der Waals surface area contributed by atoms with E-state index in [0.717, 1.165) is 44.3 Å². The summed E-state index contributed by atoms with van der Waals surface area (Å²) in [6.07, 6.45) is 2.11. The number of piperidine rings is 1. The molecule has 1 aromatic rings. The van der Waals surface area contributed by atoms with Crippen molar-refractivity contribution in [2.24, 2.45) is 11.8 Å². The quantitative estimate of drug-likeness (QED) is 0.848. The summed E-state index contributed by atoms with van der Waals surface area (Å²) in [6, 6.07) is 2.86. The molecule has 2 unspecified atom stereocenters. The van der Waals surface area contributed by atoms with E-state index < -0.39 is 17.5 Å². The average molecular weight is 310 g/mol. The highest BCUT2D eigenvalue weighted by molar-refractivity contribution is 5.94. The average Bonchev–Trinajstić information content (AvgIpc) is 2.41. The second-order valence-corrected chi connectivity index (χ2v) is 6.47. The van der Waals surface area contributed by atoms with E-state index in [1.807, 2.05) is 0 Å². The maximum Gasteiger partial charge on any atom is 0.251 e. The largest absolute Gasteiger partial charge is 0.352 e. The van der Waals surface area contributed by atoms with Gasteiger partial charge in [0, 0.05) is 31.3 Å². The van der Waals surface area contributed by atoms with Gasteiger partial charge in [0.25, 0.3) is 5.91 Å². The lowest BCUT2D eigenvalue weighted by molar-refractivity contribution is 0.0946. The Morgan fingerprint density at radius 2 is 1.77 bits per heavy atom. The molecule has 122 valence electrons. The van der Waals surface area contributed by atoms with E-state index in [1.165, 1.54) is 6.42 Å². The van der Waals surface area contributed by atoms with Gasteiger partial charge in [0.15, 0.2) is 0 Å². The third-order valence-electron chi connectivity index (χ3n) is 4.01. The lowest BCUT2D eigenvalue weighted by atomic mass is 9.92. The predicted molar refractivity (Wildman–Crippen MR) is 82.7 cm³/mol. The molecular formula is C17H24F2N2O. The third-order valence-corrected chi connectivity index (χ3v) is 4.01. The number of nitrogens with zero attached hydrogens (tertiary/aromatic N) is 1. The van der Waals surface area contributed by atoms with E-state index in [-0.39, 0.29) is 5.56 Å². The molecule has 0 saturated carbocycles. The Morgan fingerprint density at radius 1 is 1.18 bits per heavy atom. The number of hydrogen-bond acceptors (Lipinski definition) is 2. The van der Waals surface area contributed by atoms with Crippen molar-refractivity contribution in [2.75, 3.05) is 26.2 Å². The zero-order valence-electron chi connectivity index (χ0n) is 13.2. The minimum absolute atomic E-state index is 0.0257. The fraction of sp³-hybridized carbons (Fsp3) is 0.588. The first-order valence-electron chi connectivity index (χ1n) is 7.90. The lowest BCUT2D eigenvalue weighted by Crippen LogP contribution is -2.40. The molecule has 1 fully saturated rings. The summed E-state index contributed by atoms with van der Waals surface area (Å²) in [5.74, 6) is -0.469. The highest BCUT2D eigenvalue weighted by Crippen LogP contribution is 2.20. The Labute approximate surface area is 130 Å². The van der Waals surface area contributed by atoms with Gasteiger partial charge in [-0.25, -0.2) is 8.78 Å².